The van der Waals surface area contributed by atoms with E-state index in [0.29, 0.717) is 0 Å². The summed E-state index contributed by atoms with van der Waals surface area (Å²) in [6, 6.07) is -1.04. The quantitative estimate of drug-likeness (QED) is 0.534. The molecule has 0 aliphatic rings. The van der Waals surface area contributed by atoms with Crippen molar-refractivity contribution in [2.75, 3.05) is 12.8 Å². The zero-order chi connectivity index (χ0) is 16.8. The van der Waals surface area contributed by atoms with E-state index in [1.807, 2.05) is 13.8 Å². The predicted octanol–water partition coefficient (Wildman–Crippen LogP) is -0.849. The van der Waals surface area contributed by atoms with E-state index in [1.54, 1.807) is 0 Å². The Bertz CT molecular complexity index is 500. The molecule has 122 valence electrons. The lowest BCUT2D eigenvalue weighted by Crippen LogP contribution is -2.47. The van der Waals surface area contributed by atoms with Crippen LogP contribution >= 0.6 is 0 Å². The summed E-state index contributed by atoms with van der Waals surface area (Å²) in [6.07, 6.45) is 1.18. The first-order valence-electron chi connectivity index (χ1n) is 6.43. The van der Waals surface area contributed by atoms with E-state index in [9.17, 15) is 22.8 Å². The monoisotopic (exact) mass is 322 g/mol. The van der Waals surface area contributed by atoms with E-state index < -0.39 is 45.5 Å². The van der Waals surface area contributed by atoms with Crippen LogP contribution in [0.5, 0.6) is 0 Å². The molecule has 0 aliphatic heterocycles. The van der Waals surface area contributed by atoms with Crippen molar-refractivity contribution < 1.29 is 27.9 Å². The summed E-state index contributed by atoms with van der Waals surface area (Å²) in [5.41, 5.74) is 0. The van der Waals surface area contributed by atoms with E-state index in [2.05, 4.69) is 10.6 Å². The Labute approximate surface area is 124 Å². The maximum absolute atomic E-state index is 11.6. The van der Waals surface area contributed by atoms with Crippen LogP contribution in [0.25, 0.3) is 0 Å². The molecule has 0 aromatic heterocycles. The van der Waals surface area contributed by atoms with Crippen molar-refractivity contribution in [2.24, 2.45) is 5.92 Å². The standard InChI is InChI=1S/C12H22N2O6S/c1-7(2)5-9(12(17)18)14-10(15)6-13-11(16)8(3)21(4,19)20/h7-9H,5-6H2,1-4H3,(H,13,16)(H,14,15)(H,17,18)/t8?,9-/m0/s1. The third-order valence-electron chi connectivity index (χ3n) is 2.78. The van der Waals surface area contributed by atoms with Gasteiger partial charge in [-0.25, -0.2) is 13.2 Å². The van der Waals surface area contributed by atoms with Gasteiger partial charge in [0.2, 0.25) is 11.8 Å². The van der Waals surface area contributed by atoms with Crippen LogP contribution in [0.2, 0.25) is 0 Å². The molecule has 1 unspecified atom stereocenters. The molecule has 3 N–H and O–H groups in total. The topological polar surface area (TPSA) is 130 Å². The molecule has 0 saturated carbocycles. The highest BCUT2D eigenvalue weighted by molar-refractivity contribution is 7.92. The lowest BCUT2D eigenvalue weighted by Gasteiger charge is -2.17. The number of hydrogen-bond donors (Lipinski definition) is 3. The molecule has 0 bridgehead atoms. The summed E-state index contributed by atoms with van der Waals surface area (Å²) in [5.74, 6) is -2.57. The van der Waals surface area contributed by atoms with Gasteiger partial charge in [0.05, 0.1) is 6.54 Å². The smallest absolute Gasteiger partial charge is 0.326 e. The number of hydrogen-bond acceptors (Lipinski definition) is 5. The van der Waals surface area contributed by atoms with Gasteiger partial charge >= 0.3 is 5.97 Å². The Morgan fingerprint density at radius 2 is 1.67 bits per heavy atom. The predicted molar refractivity (Wildman–Crippen MR) is 76.3 cm³/mol. The zero-order valence-corrected chi connectivity index (χ0v) is 13.4. The number of carbonyl (C=O) groups excluding carboxylic acids is 2. The van der Waals surface area contributed by atoms with Gasteiger partial charge in [0.1, 0.15) is 11.3 Å². The number of nitrogens with one attached hydrogen (secondary N) is 2. The lowest BCUT2D eigenvalue weighted by atomic mass is 10.0. The highest BCUT2D eigenvalue weighted by Crippen LogP contribution is 2.04. The van der Waals surface area contributed by atoms with E-state index in [1.165, 1.54) is 6.92 Å². The van der Waals surface area contributed by atoms with Gasteiger partial charge < -0.3 is 15.7 Å². The highest BCUT2D eigenvalue weighted by atomic mass is 32.2. The normalized spacial score (nSPS) is 14.3. The van der Waals surface area contributed by atoms with Gasteiger partial charge in [0, 0.05) is 6.26 Å². The van der Waals surface area contributed by atoms with Gasteiger partial charge in [-0.3, -0.25) is 9.59 Å². The van der Waals surface area contributed by atoms with Crippen LogP contribution in [0.3, 0.4) is 0 Å². The van der Waals surface area contributed by atoms with E-state index in [4.69, 9.17) is 5.11 Å². The zero-order valence-electron chi connectivity index (χ0n) is 12.5. The van der Waals surface area contributed by atoms with Gasteiger partial charge in [-0.1, -0.05) is 13.8 Å². The second kappa shape index (κ2) is 7.96. The summed E-state index contributed by atoms with van der Waals surface area (Å²) in [4.78, 5) is 34.0. The van der Waals surface area contributed by atoms with E-state index >= 15 is 0 Å². The molecule has 0 saturated heterocycles. The van der Waals surface area contributed by atoms with Gasteiger partial charge in [-0.15, -0.1) is 0 Å². The molecule has 0 aromatic rings. The minimum Gasteiger partial charge on any atom is -0.480 e. The molecule has 0 radical (unpaired) electrons. The Morgan fingerprint density at radius 3 is 2.05 bits per heavy atom. The summed E-state index contributed by atoms with van der Waals surface area (Å²) in [6.45, 7) is 4.37. The summed E-state index contributed by atoms with van der Waals surface area (Å²) in [7, 11) is -3.54. The maximum Gasteiger partial charge on any atom is 0.326 e. The molecule has 0 spiro atoms. The molecule has 0 aliphatic carbocycles. The lowest BCUT2D eigenvalue weighted by molar-refractivity contribution is -0.142. The maximum atomic E-state index is 11.6. The summed E-state index contributed by atoms with van der Waals surface area (Å²) < 4.78 is 22.3. The average molecular weight is 322 g/mol. The largest absolute Gasteiger partial charge is 0.480 e. The first kappa shape index (κ1) is 19.4. The molecule has 0 heterocycles. The molecule has 9 heteroatoms. The Kier molecular flexibility index (Phi) is 7.34. The van der Waals surface area contributed by atoms with Crippen LogP contribution in [0.4, 0.5) is 0 Å². The van der Waals surface area contributed by atoms with Crippen LogP contribution < -0.4 is 10.6 Å². The van der Waals surface area contributed by atoms with Crippen molar-refractivity contribution in [3.63, 3.8) is 0 Å². The average Bonchev–Trinajstić information content (AvgIpc) is 2.32. The fourth-order valence-electron chi connectivity index (χ4n) is 1.44. The van der Waals surface area contributed by atoms with Gasteiger partial charge in [0.25, 0.3) is 0 Å². The molecule has 0 aromatic carbocycles. The summed E-state index contributed by atoms with van der Waals surface area (Å²) in [5, 5.41) is 12.1. The van der Waals surface area contributed by atoms with Crippen LogP contribution in [-0.4, -0.2) is 55.4 Å². The van der Waals surface area contributed by atoms with E-state index in [-0.39, 0.29) is 12.3 Å². The van der Waals surface area contributed by atoms with Gasteiger partial charge in [-0.2, -0.15) is 0 Å². The van der Waals surface area contributed by atoms with Crippen molar-refractivity contribution in [1.29, 1.82) is 0 Å². The molecule has 21 heavy (non-hydrogen) atoms. The first-order valence-corrected chi connectivity index (χ1v) is 8.39. The first-order chi connectivity index (χ1) is 9.45. The van der Waals surface area contributed by atoms with Crippen LogP contribution in [0.15, 0.2) is 0 Å². The minimum absolute atomic E-state index is 0.0752. The Balaban J connectivity index is 4.44. The Morgan fingerprint density at radius 1 is 1.14 bits per heavy atom. The third kappa shape index (κ3) is 7.64. The second-order valence-electron chi connectivity index (χ2n) is 5.28. The van der Waals surface area contributed by atoms with Crippen LogP contribution in [0.1, 0.15) is 27.2 Å². The van der Waals surface area contributed by atoms with Crippen molar-refractivity contribution in [1.82, 2.24) is 10.6 Å². The number of carboxylic acid groups (broad SMARTS) is 1. The van der Waals surface area contributed by atoms with Crippen molar-refractivity contribution in [3.8, 4) is 0 Å². The van der Waals surface area contributed by atoms with Crippen molar-refractivity contribution in [2.45, 2.75) is 38.5 Å². The molecule has 8 nitrogen and oxygen atoms in total. The molecule has 0 rings (SSSR count). The minimum atomic E-state index is -3.54. The fraction of sp³-hybridized carbons (Fsp3) is 0.750. The highest BCUT2D eigenvalue weighted by Gasteiger charge is 2.25. The molecule has 2 atom stereocenters. The van der Waals surface area contributed by atoms with Crippen molar-refractivity contribution >= 4 is 27.6 Å². The number of rotatable bonds is 8. The molecule has 0 fully saturated rings. The fourth-order valence-corrected chi connectivity index (χ4v) is 1.92. The molecule has 2 amide bonds. The third-order valence-corrected chi connectivity index (χ3v) is 4.27. The van der Waals surface area contributed by atoms with E-state index in [0.717, 1.165) is 6.26 Å². The summed E-state index contributed by atoms with van der Waals surface area (Å²) >= 11 is 0. The number of carboxylic acids is 1. The SMILES string of the molecule is CC(C)C[C@H](NC(=O)CNC(=O)C(C)S(C)(=O)=O)C(=O)O. The number of amides is 2. The van der Waals surface area contributed by atoms with Crippen LogP contribution in [-0.2, 0) is 24.2 Å². The molecular weight excluding hydrogens is 300 g/mol. The number of carbonyl (C=O) groups is 3. The second-order valence-corrected chi connectivity index (χ2v) is 7.64. The number of sulfone groups is 1. The van der Waals surface area contributed by atoms with Crippen LogP contribution in [0, 0.1) is 5.92 Å². The Hall–Kier alpha value is -1.64. The van der Waals surface area contributed by atoms with Crippen molar-refractivity contribution in [3.05, 3.63) is 0 Å². The molecular formula is C12H22N2O6S. The van der Waals surface area contributed by atoms with Gasteiger partial charge in [0.15, 0.2) is 9.84 Å². The van der Waals surface area contributed by atoms with Gasteiger partial charge in [-0.05, 0) is 19.3 Å². The number of aliphatic carboxylic acids is 1.